The summed E-state index contributed by atoms with van der Waals surface area (Å²) in [5.41, 5.74) is 3.29. The minimum absolute atomic E-state index is 0.0263. The summed E-state index contributed by atoms with van der Waals surface area (Å²) in [6, 6.07) is 6.04. The van der Waals surface area contributed by atoms with Crippen molar-refractivity contribution in [3.63, 3.8) is 0 Å². The Hall–Kier alpha value is -1.64. The van der Waals surface area contributed by atoms with Crippen LogP contribution in [0, 0.1) is 12.8 Å². The fraction of sp³-hybridized carbons (Fsp3) is 0.429. The van der Waals surface area contributed by atoms with E-state index in [2.05, 4.69) is 0 Å². The first-order valence-electron chi connectivity index (χ1n) is 5.89. The molecule has 90 valence electrons. The number of rotatable bonds is 2. The summed E-state index contributed by atoms with van der Waals surface area (Å²) in [7, 11) is 0. The van der Waals surface area contributed by atoms with Crippen molar-refractivity contribution in [1.29, 1.82) is 0 Å². The summed E-state index contributed by atoms with van der Waals surface area (Å²) >= 11 is 0. The standard InChI is InChI=1S/C14H16O3/c1-3-17-14(16)12-7-10-5-4-9(2)6-11(10)8-13(12)15/h4-6,12H,3,7-8H2,1-2H3. The smallest absolute Gasteiger partial charge is 0.316 e. The third-order valence-electron chi connectivity index (χ3n) is 3.11. The Morgan fingerprint density at radius 2 is 2.18 bits per heavy atom. The minimum Gasteiger partial charge on any atom is -0.465 e. The van der Waals surface area contributed by atoms with Crippen molar-refractivity contribution in [2.75, 3.05) is 6.61 Å². The van der Waals surface area contributed by atoms with E-state index >= 15 is 0 Å². The molecule has 0 bridgehead atoms. The molecule has 1 aromatic carbocycles. The Labute approximate surface area is 101 Å². The fourth-order valence-corrected chi connectivity index (χ4v) is 2.22. The van der Waals surface area contributed by atoms with Crippen LogP contribution in [-0.2, 0) is 27.2 Å². The lowest BCUT2D eigenvalue weighted by atomic mass is 9.82. The van der Waals surface area contributed by atoms with Gasteiger partial charge in [-0.3, -0.25) is 9.59 Å². The summed E-state index contributed by atoms with van der Waals surface area (Å²) in [6.07, 6.45) is 0.827. The maximum absolute atomic E-state index is 11.9. The Morgan fingerprint density at radius 3 is 2.88 bits per heavy atom. The average Bonchev–Trinajstić information content (AvgIpc) is 2.28. The first-order chi connectivity index (χ1) is 8.11. The molecule has 3 heteroatoms. The van der Waals surface area contributed by atoms with Crippen molar-refractivity contribution in [1.82, 2.24) is 0 Å². The van der Waals surface area contributed by atoms with Crippen LogP contribution in [0.4, 0.5) is 0 Å². The number of carbonyl (C=O) groups excluding carboxylic acids is 2. The van der Waals surface area contributed by atoms with E-state index in [0.29, 0.717) is 19.4 Å². The molecular weight excluding hydrogens is 216 g/mol. The number of ether oxygens (including phenoxy) is 1. The molecule has 0 radical (unpaired) electrons. The van der Waals surface area contributed by atoms with Crippen LogP contribution in [0.25, 0.3) is 0 Å². The highest BCUT2D eigenvalue weighted by Gasteiger charge is 2.32. The number of hydrogen-bond donors (Lipinski definition) is 0. The monoisotopic (exact) mass is 232 g/mol. The fourth-order valence-electron chi connectivity index (χ4n) is 2.22. The zero-order valence-electron chi connectivity index (χ0n) is 10.2. The Morgan fingerprint density at radius 1 is 1.41 bits per heavy atom. The molecular formula is C14H16O3. The van der Waals surface area contributed by atoms with Gasteiger partial charge in [-0.15, -0.1) is 0 Å². The normalized spacial score (nSPS) is 18.7. The average molecular weight is 232 g/mol. The van der Waals surface area contributed by atoms with Crippen LogP contribution in [0.2, 0.25) is 0 Å². The van der Waals surface area contributed by atoms with Crippen molar-refractivity contribution >= 4 is 11.8 Å². The molecule has 1 unspecified atom stereocenters. The van der Waals surface area contributed by atoms with Gasteiger partial charge in [0.2, 0.25) is 0 Å². The summed E-state index contributed by atoms with van der Waals surface area (Å²) < 4.78 is 4.93. The van der Waals surface area contributed by atoms with E-state index in [1.54, 1.807) is 6.92 Å². The van der Waals surface area contributed by atoms with Crippen LogP contribution in [0.3, 0.4) is 0 Å². The lowest BCUT2D eigenvalue weighted by molar-refractivity contribution is -0.151. The van der Waals surface area contributed by atoms with Gasteiger partial charge >= 0.3 is 5.97 Å². The number of hydrogen-bond acceptors (Lipinski definition) is 3. The van der Waals surface area contributed by atoms with Gasteiger partial charge < -0.3 is 4.74 Å². The molecule has 0 heterocycles. The molecule has 1 aromatic rings. The number of ketones is 1. The number of Topliss-reactive ketones (excluding diaryl/α,β-unsaturated/α-hetero) is 1. The minimum atomic E-state index is -0.606. The molecule has 17 heavy (non-hydrogen) atoms. The van der Waals surface area contributed by atoms with Gasteiger partial charge in [0.15, 0.2) is 5.78 Å². The molecule has 0 aromatic heterocycles. The second-order valence-electron chi connectivity index (χ2n) is 4.42. The number of benzene rings is 1. The predicted molar refractivity (Wildman–Crippen MR) is 63.7 cm³/mol. The second-order valence-corrected chi connectivity index (χ2v) is 4.42. The van der Waals surface area contributed by atoms with Gasteiger partial charge in [-0.2, -0.15) is 0 Å². The molecule has 0 amide bonds. The van der Waals surface area contributed by atoms with E-state index in [1.807, 2.05) is 25.1 Å². The van der Waals surface area contributed by atoms with Gasteiger partial charge in [-0.05, 0) is 31.4 Å². The van der Waals surface area contributed by atoms with Gasteiger partial charge in [-0.25, -0.2) is 0 Å². The van der Waals surface area contributed by atoms with E-state index < -0.39 is 5.92 Å². The van der Waals surface area contributed by atoms with Crippen molar-refractivity contribution in [3.05, 3.63) is 34.9 Å². The zero-order valence-corrected chi connectivity index (χ0v) is 10.2. The molecule has 1 atom stereocenters. The van der Waals surface area contributed by atoms with Crippen LogP contribution < -0.4 is 0 Å². The third-order valence-corrected chi connectivity index (χ3v) is 3.11. The summed E-state index contributed by atoms with van der Waals surface area (Å²) in [4.78, 5) is 23.5. The van der Waals surface area contributed by atoms with Gasteiger partial charge in [0.05, 0.1) is 6.61 Å². The van der Waals surface area contributed by atoms with Gasteiger partial charge in [0, 0.05) is 6.42 Å². The molecule has 2 rings (SSSR count). The highest BCUT2D eigenvalue weighted by molar-refractivity contribution is 6.01. The Kier molecular flexibility index (Phi) is 3.27. The molecule has 3 nitrogen and oxygen atoms in total. The molecule has 0 saturated heterocycles. The number of esters is 1. The van der Waals surface area contributed by atoms with Crippen molar-refractivity contribution in [3.8, 4) is 0 Å². The third kappa shape index (κ3) is 2.38. The number of fused-ring (bicyclic) bond motifs is 1. The molecule has 1 aliphatic rings. The maximum Gasteiger partial charge on any atom is 0.316 e. The highest BCUT2D eigenvalue weighted by atomic mass is 16.5. The molecule has 1 aliphatic carbocycles. The van der Waals surface area contributed by atoms with Crippen LogP contribution in [0.15, 0.2) is 18.2 Å². The van der Waals surface area contributed by atoms with Crippen LogP contribution in [0.1, 0.15) is 23.6 Å². The highest BCUT2D eigenvalue weighted by Crippen LogP contribution is 2.25. The summed E-state index contributed by atoms with van der Waals surface area (Å²) in [6.45, 7) is 4.08. The Bertz CT molecular complexity index is 463. The molecule has 0 spiro atoms. The van der Waals surface area contributed by atoms with E-state index in [-0.39, 0.29) is 11.8 Å². The van der Waals surface area contributed by atoms with Crippen LogP contribution in [-0.4, -0.2) is 18.4 Å². The van der Waals surface area contributed by atoms with E-state index in [4.69, 9.17) is 4.74 Å². The maximum atomic E-state index is 11.9. The van der Waals surface area contributed by atoms with E-state index in [1.165, 1.54) is 0 Å². The molecule has 0 saturated carbocycles. The van der Waals surface area contributed by atoms with Crippen LogP contribution in [0.5, 0.6) is 0 Å². The van der Waals surface area contributed by atoms with E-state index in [0.717, 1.165) is 16.7 Å². The lowest BCUT2D eigenvalue weighted by Crippen LogP contribution is -2.33. The number of carbonyl (C=O) groups is 2. The van der Waals surface area contributed by atoms with Gasteiger partial charge in [0.1, 0.15) is 5.92 Å². The molecule has 0 aliphatic heterocycles. The van der Waals surface area contributed by atoms with Gasteiger partial charge in [0.25, 0.3) is 0 Å². The Balaban J connectivity index is 2.24. The zero-order chi connectivity index (χ0) is 12.4. The van der Waals surface area contributed by atoms with E-state index in [9.17, 15) is 9.59 Å². The summed E-state index contributed by atoms with van der Waals surface area (Å²) in [5, 5.41) is 0. The van der Waals surface area contributed by atoms with Crippen LogP contribution >= 0.6 is 0 Å². The molecule has 0 fully saturated rings. The SMILES string of the molecule is CCOC(=O)C1Cc2ccc(C)cc2CC1=O. The van der Waals surface area contributed by atoms with Crippen molar-refractivity contribution in [2.45, 2.75) is 26.7 Å². The topological polar surface area (TPSA) is 43.4 Å². The lowest BCUT2D eigenvalue weighted by Gasteiger charge is -2.22. The quantitative estimate of drug-likeness (QED) is 0.577. The van der Waals surface area contributed by atoms with Crippen molar-refractivity contribution < 1.29 is 14.3 Å². The first-order valence-corrected chi connectivity index (χ1v) is 5.89. The molecule has 0 N–H and O–H groups in total. The van der Waals surface area contributed by atoms with Gasteiger partial charge in [-0.1, -0.05) is 23.8 Å². The first kappa shape index (κ1) is 11.8. The second kappa shape index (κ2) is 4.70. The van der Waals surface area contributed by atoms with Crippen molar-refractivity contribution in [2.24, 2.45) is 5.92 Å². The largest absolute Gasteiger partial charge is 0.465 e. The number of aryl methyl sites for hydroxylation is 1. The summed E-state index contributed by atoms with van der Waals surface area (Å²) in [5.74, 6) is -1.02. The predicted octanol–water partition coefficient (Wildman–Crippen LogP) is 1.84.